The number of piperidine rings is 1. The topological polar surface area (TPSA) is 49.8 Å². The molecule has 0 spiro atoms. The highest BCUT2D eigenvalue weighted by molar-refractivity contribution is 5.81. The summed E-state index contributed by atoms with van der Waals surface area (Å²) in [7, 11) is 0. The number of nitrogens with zero attached hydrogens (tertiary/aromatic N) is 1. The number of benzene rings is 2. The maximum atomic E-state index is 13.4. The lowest BCUT2D eigenvalue weighted by atomic mass is 9.80. The van der Waals surface area contributed by atoms with Gasteiger partial charge in [-0.25, -0.2) is 4.79 Å². The van der Waals surface area contributed by atoms with Crippen LogP contribution >= 0.6 is 0 Å². The summed E-state index contributed by atoms with van der Waals surface area (Å²) in [5, 5.41) is 11.7. The molecule has 2 aliphatic rings. The van der Waals surface area contributed by atoms with E-state index in [1.54, 1.807) is 0 Å². The van der Waals surface area contributed by atoms with E-state index in [0.29, 0.717) is 12.2 Å². The van der Waals surface area contributed by atoms with E-state index < -0.39 is 11.6 Å². The highest BCUT2D eigenvalue weighted by atomic mass is 16.5. The van der Waals surface area contributed by atoms with Gasteiger partial charge < -0.3 is 14.7 Å². The van der Waals surface area contributed by atoms with Crippen LogP contribution in [0.2, 0.25) is 0 Å². The minimum absolute atomic E-state index is 0.0825. The Morgan fingerprint density at radius 2 is 1.56 bits per heavy atom. The van der Waals surface area contributed by atoms with Crippen molar-refractivity contribution >= 4 is 5.97 Å². The summed E-state index contributed by atoms with van der Waals surface area (Å²) in [5.41, 5.74) is 0.286. The van der Waals surface area contributed by atoms with Crippen LogP contribution in [0.1, 0.15) is 68.4 Å². The number of aliphatic hydroxyl groups is 1. The predicted octanol–water partition coefficient (Wildman–Crippen LogP) is 5.27. The molecule has 0 aromatic heterocycles. The lowest BCUT2D eigenvalue weighted by molar-refractivity contribution is -0.174. The molecule has 1 heterocycles. The molecule has 4 nitrogen and oxygen atoms in total. The third-order valence-electron chi connectivity index (χ3n) is 7.40. The summed E-state index contributed by atoms with van der Waals surface area (Å²) in [5.74, 6) is -0.443. The van der Waals surface area contributed by atoms with Crippen molar-refractivity contribution in [3.63, 3.8) is 0 Å². The Hall–Kier alpha value is -2.17. The molecule has 4 heteroatoms. The van der Waals surface area contributed by atoms with Gasteiger partial charge in [0, 0.05) is 11.8 Å². The van der Waals surface area contributed by atoms with Crippen molar-refractivity contribution in [1.82, 2.24) is 4.90 Å². The fourth-order valence-electron chi connectivity index (χ4n) is 5.44. The first kappa shape index (κ1) is 23.0. The van der Waals surface area contributed by atoms with E-state index in [9.17, 15) is 9.90 Å². The maximum Gasteiger partial charge on any atom is 0.343 e. The van der Waals surface area contributed by atoms with Gasteiger partial charge in [0.15, 0.2) is 5.60 Å². The van der Waals surface area contributed by atoms with Gasteiger partial charge in [-0.05, 0) is 62.9 Å². The molecular formula is C28H37NO3. The molecular weight excluding hydrogens is 398 g/mol. The van der Waals surface area contributed by atoms with Crippen molar-refractivity contribution in [1.29, 1.82) is 0 Å². The molecule has 0 radical (unpaired) electrons. The summed E-state index contributed by atoms with van der Waals surface area (Å²) < 4.78 is 5.92. The molecule has 4 rings (SSSR count). The van der Waals surface area contributed by atoms with Gasteiger partial charge in [0.25, 0.3) is 0 Å². The molecule has 0 bridgehead atoms. The van der Waals surface area contributed by atoms with Crippen molar-refractivity contribution in [3.05, 3.63) is 71.8 Å². The normalized spacial score (nSPS) is 20.5. The molecule has 1 saturated carbocycles. The summed E-state index contributed by atoms with van der Waals surface area (Å²) in [6.45, 7) is 3.65. The minimum atomic E-state index is -1.56. The molecule has 2 aromatic carbocycles. The molecule has 0 amide bonds. The number of esters is 1. The van der Waals surface area contributed by atoms with Gasteiger partial charge in [0.1, 0.15) is 0 Å². The van der Waals surface area contributed by atoms with Crippen molar-refractivity contribution < 1.29 is 14.6 Å². The summed E-state index contributed by atoms with van der Waals surface area (Å²) in [6.07, 6.45) is 8.65. The number of hydrogen-bond donors (Lipinski definition) is 1. The Labute approximate surface area is 192 Å². The summed E-state index contributed by atoms with van der Waals surface area (Å²) in [6, 6.07) is 19.7. The summed E-state index contributed by atoms with van der Waals surface area (Å²) in [4.78, 5) is 15.9. The SMILES string of the molecule is O=C(OC[C@H](CCN1CCCCC1)c1ccccc1)C(O)(c1ccccc1)C1CCCC1. The Morgan fingerprint density at radius 1 is 0.938 bits per heavy atom. The Morgan fingerprint density at radius 3 is 2.22 bits per heavy atom. The number of likely N-dealkylation sites (tertiary alicyclic amines) is 1. The fourth-order valence-corrected chi connectivity index (χ4v) is 5.44. The van der Waals surface area contributed by atoms with E-state index in [1.807, 2.05) is 48.5 Å². The second-order valence-corrected chi connectivity index (χ2v) is 9.51. The van der Waals surface area contributed by atoms with Crippen molar-refractivity contribution in [2.45, 2.75) is 62.9 Å². The lowest BCUT2D eigenvalue weighted by Crippen LogP contribution is -2.44. The van der Waals surface area contributed by atoms with Crippen molar-refractivity contribution in [2.75, 3.05) is 26.2 Å². The molecule has 172 valence electrons. The van der Waals surface area contributed by atoms with Gasteiger partial charge >= 0.3 is 5.97 Å². The van der Waals surface area contributed by atoms with Crippen molar-refractivity contribution in [3.8, 4) is 0 Å². The first-order valence-corrected chi connectivity index (χ1v) is 12.4. The molecule has 1 unspecified atom stereocenters. The van der Waals surface area contributed by atoms with E-state index in [1.165, 1.54) is 24.8 Å². The van der Waals surface area contributed by atoms with E-state index in [-0.39, 0.29) is 11.8 Å². The Bertz CT molecular complexity index is 828. The van der Waals surface area contributed by atoms with Gasteiger partial charge in [0.2, 0.25) is 0 Å². The Kier molecular flexibility index (Phi) is 7.99. The highest BCUT2D eigenvalue weighted by Crippen LogP contribution is 2.41. The van der Waals surface area contributed by atoms with E-state index in [4.69, 9.17) is 4.74 Å². The summed E-state index contributed by atoms with van der Waals surface area (Å²) >= 11 is 0. The van der Waals surface area contributed by atoms with Gasteiger partial charge in [-0.3, -0.25) is 0 Å². The second kappa shape index (κ2) is 11.1. The van der Waals surface area contributed by atoms with Crippen LogP contribution < -0.4 is 0 Å². The number of ether oxygens (including phenoxy) is 1. The lowest BCUT2D eigenvalue weighted by Gasteiger charge is -2.33. The van der Waals surface area contributed by atoms with Crippen LogP contribution in [-0.2, 0) is 15.1 Å². The number of carbonyl (C=O) groups is 1. The zero-order valence-electron chi connectivity index (χ0n) is 19.1. The first-order chi connectivity index (χ1) is 15.7. The van der Waals surface area contributed by atoms with Gasteiger partial charge in [0.05, 0.1) is 6.61 Å². The quantitative estimate of drug-likeness (QED) is 0.545. The van der Waals surface area contributed by atoms with E-state index in [2.05, 4.69) is 17.0 Å². The molecule has 2 aromatic rings. The fraction of sp³-hybridized carbons (Fsp3) is 0.536. The number of hydrogen-bond acceptors (Lipinski definition) is 4. The van der Waals surface area contributed by atoms with Gasteiger partial charge in [-0.2, -0.15) is 0 Å². The van der Waals surface area contributed by atoms with Crippen LogP contribution in [0.5, 0.6) is 0 Å². The predicted molar refractivity (Wildman–Crippen MR) is 127 cm³/mol. The average Bonchev–Trinajstić information content (AvgIpc) is 3.41. The first-order valence-electron chi connectivity index (χ1n) is 12.4. The third kappa shape index (κ3) is 5.41. The smallest absolute Gasteiger partial charge is 0.343 e. The molecule has 1 aliphatic carbocycles. The minimum Gasteiger partial charge on any atom is -0.463 e. The van der Waals surface area contributed by atoms with Crippen LogP contribution in [0.25, 0.3) is 0 Å². The number of carbonyl (C=O) groups excluding carboxylic acids is 1. The molecule has 1 saturated heterocycles. The largest absolute Gasteiger partial charge is 0.463 e. The molecule has 1 aliphatic heterocycles. The third-order valence-corrected chi connectivity index (χ3v) is 7.40. The monoisotopic (exact) mass is 435 g/mol. The average molecular weight is 436 g/mol. The molecule has 2 fully saturated rings. The van der Waals surface area contributed by atoms with Gasteiger partial charge in [-0.1, -0.05) is 79.9 Å². The van der Waals surface area contributed by atoms with Crippen LogP contribution in [0.3, 0.4) is 0 Å². The number of rotatable bonds is 9. The molecule has 2 atom stereocenters. The zero-order valence-corrected chi connectivity index (χ0v) is 19.1. The molecule has 1 N–H and O–H groups in total. The van der Waals surface area contributed by atoms with E-state index >= 15 is 0 Å². The van der Waals surface area contributed by atoms with Gasteiger partial charge in [-0.15, -0.1) is 0 Å². The van der Waals surface area contributed by atoms with Crippen molar-refractivity contribution in [2.24, 2.45) is 5.92 Å². The van der Waals surface area contributed by atoms with Crippen LogP contribution in [0.4, 0.5) is 0 Å². The van der Waals surface area contributed by atoms with Crippen LogP contribution in [0, 0.1) is 5.92 Å². The zero-order chi connectivity index (χ0) is 22.2. The maximum absolute atomic E-state index is 13.4. The standard InChI is InChI=1S/C28H37NO3/c30-27(28(31,26-16-8-9-17-26)25-14-6-2-7-15-25)32-22-24(23-12-4-1-5-13-23)18-21-29-19-10-3-11-20-29/h1-2,4-7,12-15,24,26,31H,3,8-11,16-22H2/t24-,28?/m0/s1. The highest BCUT2D eigenvalue weighted by Gasteiger charge is 2.47. The van der Waals surface area contributed by atoms with E-state index in [0.717, 1.165) is 51.7 Å². The second-order valence-electron chi connectivity index (χ2n) is 9.51. The Balaban J connectivity index is 1.47. The van der Waals surface area contributed by atoms with Crippen LogP contribution in [-0.4, -0.2) is 42.2 Å². The molecule has 32 heavy (non-hydrogen) atoms. The van der Waals surface area contributed by atoms with Crippen LogP contribution in [0.15, 0.2) is 60.7 Å².